The van der Waals surface area contributed by atoms with E-state index in [1.54, 1.807) is 0 Å². The summed E-state index contributed by atoms with van der Waals surface area (Å²) in [5.41, 5.74) is 4.07. The summed E-state index contributed by atoms with van der Waals surface area (Å²) in [6.45, 7) is 7.52. The number of rotatable bonds is 1. The highest BCUT2D eigenvalue weighted by molar-refractivity contribution is 5.47. The standard InChI is InChI=1S/C20H27NO/c1-12-10-19-18-6-4-14-11-15(21-22)5-7-16(14)17(18)8-9-20(19,3)13(12)2/h5,7,11-13,17-19H,4,6,8-10H2,1-3H3. The summed E-state index contributed by atoms with van der Waals surface area (Å²) in [6, 6.07) is 6.15. The smallest absolute Gasteiger partial charge is 0.108 e. The molecule has 0 saturated heterocycles. The Bertz CT molecular complexity index is 610. The van der Waals surface area contributed by atoms with Crippen LogP contribution in [-0.4, -0.2) is 0 Å². The average Bonchev–Trinajstić information content (AvgIpc) is 2.77. The summed E-state index contributed by atoms with van der Waals surface area (Å²) < 4.78 is 0. The van der Waals surface area contributed by atoms with E-state index in [0.29, 0.717) is 11.1 Å². The van der Waals surface area contributed by atoms with Crippen LogP contribution in [0.5, 0.6) is 0 Å². The van der Waals surface area contributed by atoms with Crippen molar-refractivity contribution in [2.24, 2.45) is 34.3 Å². The van der Waals surface area contributed by atoms with Crippen LogP contribution in [0, 0.1) is 34.0 Å². The molecule has 1 aromatic carbocycles. The Balaban J connectivity index is 1.70. The number of hydrogen-bond donors (Lipinski definition) is 0. The van der Waals surface area contributed by atoms with Crippen molar-refractivity contribution in [3.05, 3.63) is 34.2 Å². The van der Waals surface area contributed by atoms with Crippen molar-refractivity contribution in [1.29, 1.82) is 0 Å². The fourth-order valence-corrected chi connectivity index (χ4v) is 6.24. The highest BCUT2D eigenvalue weighted by Crippen LogP contribution is 2.64. The highest BCUT2D eigenvalue weighted by atomic mass is 16.3. The lowest BCUT2D eigenvalue weighted by Gasteiger charge is -2.50. The van der Waals surface area contributed by atoms with E-state index < -0.39 is 0 Å². The third kappa shape index (κ3) is 1.85. The van der Waals surface area contributed by atoms with E-state index in [1.807, 2.05) is 12.1 Å². The van der Waals surface area contributed by atoms with Crippen molar-refractivity contribution in [2.75, 3.05) is 0 Å². The van der Waals surface area contributed by atoms with E-state index in [4.69, 9.17) is 0 Å². The zero-order valence-corrected chi connectivity index (χ0v) is 14.0. The van der Waals surface area contributed by atoms with Gasteiger partial charge in [0.25, 0.3) is 0 Å². The Morgan fingerprint density at radius 1 is 1.23 bits per heavy atom. The minimum absolute atomic E-state index is 0.558. The third-order valence-corrected chi connectivity index (χ3v) is 7.77. The van der Waals surface area contributed by atoms with Crippen molar-refractivity contribution in [3.63, 3.8) is 0 Å². The lowest BCUT2D eigenvalue weighted by molar-refractivity contribution is 0.0319. The zero-order chi connectivity index (χ0) is 15.5. The van der Waals surface area contributed by atoms with E-state index in [1.165, 1.54) is 36.8 Å². The molecule has 0 N–H and O–H groups in total. The lowest BCUT2D eigenvalue weighted by atomic mass is 9.54. The first-order chi connectivity index (χ1) is 10.5. The van der Waals surface area contributed by atoms with Gasteiger partial charge in [-0.3, -0.25) is 0 Å². The topological polar surface area (TPSA) is 29.4 Å². The second-order valence-electron chi connectivity index (χ2n) is 8.44. The van der Waals surface area contributed by atoms with E-state index in [9.17, 15) is 4.91 Å². The van der Waals surface area contributed by atoms with Gasteiger partial charge in [-0.2, -0.15) is 0 Å². The molecular weight excluding hydrogens is 270 g/mol. The minimum atomic E-state index is 0.558. The molecule has 2 saturated carbocycles. The van der Waals surface area contributed by atoms with Crippen LogP contribution in [0.2, 0.25) is 0 Å². The van der Waals surface area contributed by atoms with Gasteiger partial charge in [-0.15, -0.1) is 4.91 Å². The van der Waals surface area contributed by atoms with E-state index in [0.717, 1.165) is 36.0 Å². The van der Waals surface area contributed by atoms with Crippen LogP contribution in [0.1, 0.15) is 63.5 Å². The Morgan fingerprint density at radius 2 is 2.05 bits per heavy atom. The molecule has 0 amide bonds. The van der Waals surface area contributed by atoms with Gasteiger partial charge in [0.15, 0.2) is 0 Å². The Labute approximate surface area is 133 Å². The number of benzene rings is 1. The van der Waals surface area contributed by atoms with Crippen LogP contribution in [-0.2, 0) is 6.42 Å². The molecular formula is C20H27NO. The number of nitrogens with zero attached hydrogens (tertiary/aromatic N) is 1. The fourth-order valence-electron chi connectivity index (χ4n) is 6.24. The predicted molar refractivity (Wildman–Crippen MR) is 90.2 cm³/mol. The van der Waals surface area contributed by atoms with Gasteiger partial charge in [0.2, 0.25) is 0 Å². The number of fused-ring (bicyclic) bond motifs is 5. The molecule has 0 radical (unpaired) electrons. The molecule has 3 aliphatic rings. The quantitative estimate of drug-likeness (QED) is 0.600. The van der Waals surface area contributed by atoms with Crippen LogP contribution in [0.3, 0.4) is 0 Å². The van der Waals surface area contributed by atoms with Gasteiger partial charge in [-0.05, 0) is 95.5 Å². The molecule has 0 aromatic heterocycles. The van der Waals surface area contributed by atoms with Crippen molar-refractivity contribution in [3.8, 4) is 0 Å². The number of hydrogen-bond acceptors (Lipinski definition) is 2. The Hall–Kier alpha value is -1.18. The van der Waals surface area contributed by atoms with Crippen molar-refractivity contribution in [2.45, 2.75) is 58.8 Å². The first kappa shape index (κ1) is 14.4. The summed E-state index contributed by atoms with van der Waals surface area (Å²) in [6.07, 6.45) is 6.56. The van der Waals surface area contributed by atoms with Crippen LogP contribution >= 0.6 is 0 Å². The van der Waals surface area contributed by atoms with Gasteiger partial charge >= 0.3 is 0 Å². The summed E-state index contributed by atoms with van der Waals surface area (Å²) in [4.78, 5) is 10.8. The molecule has 0 bridgehead atoms. The second-order valence-corrected chi connectivity index (χ2v) is 8.44. The van der Waals surface area contributed by atoms with Crippen LogP contribution in [0.4, 0.5) is 5.69 Å². The molecule has 6 unspecified atom stereocenters. The van der Waals surface area contributed by atoms with Gasteiger partial charge in [0.1, 0.15) is 5.69 Å². The molecule has 118 valence electrons. The monoisotopic (exact) mass is 297 g/mol. The molecule has 1 aromatic rings. The Kier molecular flexibility index (Phi) is 3.22. The van der Waals surface area contributed by atoms with Crippen molar-refractivity contribution < 1.29 is 0 Å². The minimum Gasteiger partial charge on any atom is -0.145 e. The van der Waals surface area contributed by atoms with Crippen LogP contribution in [0.25, 0.3) is 0 Å². The van der Waals surface area contributed by atoms with Gasteiger partial charge in [-0.1, -0.05) is 26.8 Å². The predicted octanol–water partition coefficient (Wildman–Crippen LogP) is 5.82. The normalized spacial score (nSPS) is 43.1. The van der Waals surface area contributed by atoms with Gasteiger partial charge in [0.05, 0.1) is 0 Å². The summed E-state index contributed by atoms with van der Waals surface area (Å²) in [7, 11) is 0. The Morgan fingerprint density at radius 3 is 2.82 bits per heavy atom. The molecule has 22 heavy (non-hydrogen) atoms. The second kappa shape index (κ2) is 4.91. The average molecular weight is 297 g/mol. The molecule has 0 heterocycles. The third-order valence-electron chi connectivity index (χ3n) is 7.77. The maximum atomic E-state index is 10.8. The first-order valence-corrected chi connectivity index (χ1v) is 9.01. The van der Waals surface area contributed by atoms with Crippen LogP contribution < -0.4 is 0 Å². The van der Waals surface area contributed by atoms with E-state index >= 15 is 0 Å². The molecule has 6 atom stereocenters. The lowest BCUT2D eigenvalue weighted by Crippen LogP contribution is -2.41. The van der Waals surface area contributed by atoms with Gasteiger partial charge in [0, 0.05) is 0 Å². The van der Waals surface area contributed by atoms with E-state index in [-0.39, 0.29) is 0 Å². The molecule has 2 nitrogen and oxygen atoms in total. The maximum absolute atomic E-state index is 10.8. The molecule has 0 aliphatic heterocycles. The first-order valence-electron chi connectivity index (χ1n) is 9.01. The maximum Gasteiger partial charge on any atom is 0.108 e. The molecule has 2 fully saturated rings. The zero-order valence-electron chi connectivity index (χ0n) is 14.0. The summed E-state index contributed by atoms with van der Waals surface area (Å²) in [5.74, 6) is 4.21. The molecule has 2 heteroatoms. The molecule has 3 aliphatic carbocycles. The van der Waals surface area contributed by atoms with E-state index in [2.05, 4.69) is 32.0 Å². The number of aryl methyl sites for hydroxylation is 1. The van der Waals surface area contributed by atoms with Gasteiger partial charge in [-0.25, -0.2) is 0 Å². The molecule has 0 spiro atoms. The largest absolute Gasteiger partial charge is 0.145 e. The van der Waals surface area contributed by atoms with Crippen molar-refractivity contribution >= 4 is 5.69 Å². The number of nitroso groups, excluding NO2 is 1. The fraction of sp³-hybridized carbons (Fsp3) is 0.700. The van der Waals surface area contributed by atoms with Crippen LogP contribution in [0.15, 0.2) is 23.4 Å². The van der Waals surface area contributed by atoms with Gasteiger partial charge < -0.3 is 0 Å². The highest BCUT2D eigenvalue weighted by Gasteiger charge is 2.55. The summed E-state index contributed by atoms with van der Waals surface area (Å²) >= 11 is 0. The summed E-state index contributed by atoms with van der Waals surface area (Å²) in [5, 5.41) is 3.12. The molecule has 4 rings (SSSR count). The SMILES string of the molecule is CC1CC2C3CCc4cc(N=O)ccc4C3CCC2(C)C1C. The van der Waals surface area contributed by atoms with Crippen molar-refractivity contribution in [1.82, 2.24) is 0 Å².